The van der Waals surface area contributed by atoms with Crippen molar-refractivity contribution in [2.45, 2.75) is 17.4 Å². The number of rotatable bonds is 4. The van der Waals surface area contributed by atoms with E-state index in [1.54, 1.807) is 0 Å². The summed E-state index contributed by atoms with van der Waals surface area (Å²) >= 11 is 0. The smallest absolute Gasteiger partial charge is 0.337 e. The molecule has 1 fully saturated rings. The predicted molar refractivity (Wildman–Crippen MR) is 87.7 cm³/mol. The number of carbonyl (C=O) groups is 2. The fourth-order valence-electron chi connectivity index (χ4n) is 2.34. The van der Waals surface area contributed by atoms with Crippen LogP contribution < -0.4 is 5.73 Å². The van der Waals surface area contributed by atoms with Crippen molar-refractivity contribution < 1.29 is 27.5 Å². The summed E-state index contributed by atoms with van der Waals surface area (Å²) in [5, 5.41) is 0. The first-order chi connectivity index (χ1) is 10.8. The van der Waals surface area contributed by atoms with Gasteiger partial charge in [-0.05, 0) is 24.6 Å². The van der Waals surface area contributed by atoms with Crippen LogP contribution in [0.1, 0.15) is 27.1 Å². The second-order valence-electron chi connectivity index (χ2n) is 5.14. The van der Waals surface area contributed by atoms with Gasteiger partial charge < -0.3 is 15.2 Å². The number of sulfonamides is 1. The van der Waals surface area contributed by atoms with Gasteiger partial charge in [-0.25, -0.2) is 18.0 Å². The molecule has 1 aromatic carbocycles. The molecule has 0 saturated carbocycles. The Morgan fingerprint density at radius 3 is 2.00 bits per heavy atom. The van der Waals surface area contributed by atoms with Crippen LogP contribution in [-0.4, -0.2) is 58.0 Å². The monoisotopic (exact) mass is 378 g/mol. The molecular formula is C14H19ClN2O6S. The first-order valence-electron chi connectivity index (χ1n) is 6.87. The number of nitrogens with zero attached hydrogens (tertiary/aromatic N) is 1. The highest BCUT2D eigenvalue weighted by Gasteiger charge is 2.32. The highest BCUT2D eigenvalue weighted by Crippen LogP contribution is 2.23. The number of methoxy groups -OCH3 is 2. The van der Waals surface area contributed by atoms with Gasteiger partial charge in [0.2, 0.25) is 10.0 Å². The van der Waals surface area contributed by atoms with Crippen molar-refractivity contribution in [2.24, 2.45) is 5.73 Å². The predicted octanol–water partition coefficient (Wildman–Crippen LogP) is 0.403. The third-order valence-corrected chi connectivity index (χ3v) is 5.42. The average molecular weight is 379 g/mol. The number of ether oxygens (including phenoxy) is 2. The molecule has 0 aromatic heterocycles. The third kappa shape index (κ3) is 4.04. The fraction of sp³-hybridized carbons (Fsp3) is 0.429. The van der Waals surface area contributed by atoms with Gasteiger partial charge in [0.15, 0.2) is 0 Å². The molecule has 0 radical (unpaired) electrons. The molecule has 0 amide bonds. The lowest BCUT2D eigenvalue weighted by Gasteiger charge is -2.17. The Balaban J connectivity index is 0.00000288. The van der Waals surface area contributed by atoms with Gasteiger partial charge in [-0.15, -0.1) is 12.4 Å². The number of benzene rings is 1. The van der Waals surface area contributed by atoms with Gasteiger partial charge in [0, 0.05) is 19.1 Å². The van der Waals surface area contributed by atoms with Crippen LogP contribution >= 0.6 is 12.4 Å². The Labute approximate surface area is 146 Å². The van der Waals surface area contributed by atoms with Gasteiger partial charge in [-0.1, -0.05) is 0 Å². The van der Waals surface area contributed by atoms with E-state index in [-0.39, 0.29) is 41.0 Å². The number of hydrogen-bond donors (Lipinski definition) is 1. The van der Waals surface area contributed by atoms with Crippen molar-refractivity contribution in [3.8, 4) is 0 Å². The SMILES string of the molecule is COC(=O)c1cc(C(=O)OC)cc(S(=O)(=O)N2CC[C@@H](N)C2)c1.Cl. The minimum atomic E-state index is -3.86. The van der Waals surface area contributed by atoms with Gasteiger partial charge in [0.05, 0.1) is 30.2 Å². The molecule has 0 bridgehead atoms. The van der Waals surface area contributed by atoms with E-state index in [0.29, 0.717) is 13.0 Å². The lowest BCUT2D eigenvalue weighted by Crippen LogP contribution is -2.32. The molecular weight excluding hydrogens is 360 g/mol. The van der Waals surface area contributed by atoms with E-state index in [4.69, 9.17) is 5.73 Å². The standard InChI is InChI=1S/C14H18N2O6S.ClH/c1-21-13(17)9-5-10(14(18)22-2)7-12(6-9)23(19,20)16-4-3-11(15)8-16;/h5-7,11H,3-4,8,15H2,1-2H3;1H/t11-;/m1./s1. The molecule has 0 spiro atoms. The highest BCUT2D eigenvalue weighted by atomic mass is 35.5. The van der Waals surface area contributed by atoms with E-state index >= 15 is 0 Å². The van der Waals surface area contributed by atoms with E-state index in [2.05, 4.69) is 9.47 Å². The topological polar surface area (TPSA) is 116 Å². The van der Waals surface area contributed by atoms with Crippen molar-refractivity contribution >= 4 is 34.4 Å². The Morgan fingerprint density at radius 1 is 1.12 bits per heavy atom. The molecule has 1 aromatic rings. The Bertz CT molecular complexity index is 703. The molecule has 1 atom stereocenters. The maximum absolute atomic E-state index is 12.7. The van der Waals surface area contributed by atoms with Crippen LogP contribution in [0.25, 0.3) is 0 Å². The third-order valence-electron chi connectivity index (χ3n) is 3.57. The zero-order chi connectivity index (χ0) is 17.2. The summed E-state index contributed by atoms with van der Waals surface area (Å²) in [7, 11) is -1.53. The van der Waals surface area contributed by atoms with E-state index in [0.717, 1.165) is 0 Å². The summed E-state index contributed by atoms with van der Waals surface area (Å²) in [6.45, 7) is 0.484. The summed E-state index contributed by atoms with van der Waals surface area (Å²) in [6.07, 6.45) is 0.555. The van der Waals surface area contributed by atoms with Crippen LogP contribution in [0, 0.1) is 0 Å². The fourth-order valence-corrected chi connectivity index (χ4v) is 3.92. The quantitative estimate of drug-likeness (QED) is 0.754. The minimum absolute atomic E-state index is 0. The Morgan fingerprint density at radius 2 is 1.62 bits per heavy atom. The number of nitrogens with two attached hydrogens (primary N) is 1. The lowest BCUT2D eigenvalue weighted by molar-refractivity contribution is 0.0598. The van der Waals surface area contributed by atoms with Crippen LogP contribution in [0.15, 0.2) is 23.1 Å². The molecule has 24 heavy (non-hydrogen) atoms. The van der Waals surface area contributed by atoms with Crippen LogP contribution in [0.2, 0.25) is 0 Å². The molecule has 10 heteroatoms. The maximum Gasteiger partial charge on any atom is 0.337 e. The van der Waals surface area contributed by atoms with Crippen LogP contribution in [0.5, 0.6) is 0 Å². The summed E-state index contributed by atoms with van der Waals surface area (Å²) in [5.74, 6) is -1.49. The second kappa shape index (κ2) is 7.93. The summed E-state index contributed by atoms with van der Waals surface area (Å²) < 4.78 is 35.8. The van der Waals surface area contributed by atoms with Gasteiger partial charge in [0.25, 0.3) is 0 Å². The molecule has 1 aliphatic heterocycles. The van der Waals surface area contributed by atoms with Crippen molar-refractivity contribution in [3.63, 3.8) is 0 Å². The molecule has 8 nitrogen and oxygen atoms in total. The maximum atomic E-state index is 12.7. The zero-order valence-corrected chi connectivity index (χ0v) is 14.9. The first-order valence-corrected chi connectivity index (χ1v) is 8.31. The van der Waals surface area contributed by atoms with Gasteiger partial charge in [0.1, 0.15) is 0 Å². The number of hydrogen-bond acceptors (Lipinski definition) is 7. The zero-order valence-electron chi connectivity index (χ0n) is 13.2. The van der Waals surface area contributed by atoms with Crippen molar-refractivity contribution in [2.75, 3.05) is 27.3 Å². The molecule has 2 rings (SSSR count). The van der Waals surface area contributed by atoms with E-state index in [1.807, 2.05) is 0 Å². The molecule has 0 aliphatic carbocycles. The Kier molecular flexibility index (Phi) is 6.73. The number of carbonyl (C=O) groups excluding carboxylic acids is 2. The van der Waals surface area contributed by atoms with E-state index in [9.17, 15) is 18.0 Å². The van der Waals surface area contributed by atoms with E-state index < -0.39 is 22.0 Å². The molecule has 1 saturated heterocycles. The largest absolute Gasteiger partial charge is 0.465 e. The summed E-state index contributed by atoms with van der Waals surface area (Å²) in [5.41, 5.74) is 5.66. The highest BCUT2D eigenvalue weighted by molar-refractivity contribution is 7.89. The van der Waals surface area contributed by atoms with Crippen LogP contribution in [-0.2, 0) is 19.5 Å². The lowest BCUT2D eigenvalue weighted by atomic mass is 10.1. The molecule has 1 aliphatic rings. The van der Waals surface area contributed by atoms with Gasteiger partial charge >= 0.3 is 11.9 Å². The first kappa shape index (κ1) is 20.4. The number of esters is 2. The second-order valence-corrected chi connectivity index (χ2v) is 7.08. The average Bonchev–Trinajstić information content (AvgIpc) is 3.00. The van der Waals surface area contributed by atoms with E-state index in [1.165, 1.54) is 36.7 Å². The minimum Gasteiger partial charge on any atom is -0.465 e. The van der Waals surface area contributed by atoms with Crippen molar-refractivity contribution in [1.82, 2.24) is 4.31 Å². The normalized spacial score (nSPS) is 17.9. The molecule has 0 unspecified atom stereocenters. The van der Waals surface area contributed by atoms with Crippen molar-refractivity contribution in [3.05, 3.63) is 29.3 Å². The van der Waals surface area contributed by atoms with Crippen LogP contribution in [0.3, 0.4) is 0 Å². The van der Waals surface area contributed by atoms with Gasteiger partial charge in [-0.2, -0.15) is 4.31 Å². The molecule has 1 heterocycles. The summed E-state index contributed by atoms with van der Waals surface area (Å²) in [4.78, 5) is 23.3. The summed E-state index contributed by atoms with van der Waals surface area (Å²) in [6, 6.07) is 3.36. The van der Waals surface area contributed by atoms with Crippen molar-refractivity contribution in [1.29, 1.82) is 0 Å². The van der Waals surface area contributed by atoms with Gasteiger partial charge in [-0.3, -0.25) is 0 Å². The molecule has 134 valence electrons. The van der Waals surface area contributed by atoms with Crippen LogP contribution in [0.4, 0.5) is 0 Å². The number of halogens is 1. The Hall–Kier alpha value is -1.68. The molecule has 2 N–H and O–H groups in total.